The van der Waals surface area contributed by atoms with Gasteiger partial charge in [0.05, 0.1) is 17.3 Å². The summed E-state index contributed by atoms with van der Waals surface area (Å²) < 4.78 is 11.1. The van der Waals surface area contributed by atoms with Gasteiger partial charge in [0.15, 0.2) is 6.61 Å². The van der Waals surface area contributed by atoms with E-state index in [-0.39, 0.29) is 12.5 Å². The number of rotatable bonds is 7. The molecule has 2 aromatic rings. The van der Waals surface area contributed by atoms with Crippen LogP contribution in [-0.4, -0.2) is 19.1 Å². The van der Waals surface area contributed by atoms with Crippen molar-refractivity contribution >= 4 is 23.2 Å². The highest BCUT2D eigenvalue weighted by Crippen LogP contribution is 2.25. The van der Waals surface area contributed by atoms with E-state index < -0.39 is 0 Å². The fraction of sp³-hybridized carbons (Fsp3) is 0.278. The average molecular weight is 334 g/mol. The van der Waals surface area contributed by atoms with Crippen molar-refractivity contribution in [3.8, 4) is 11.5 Å². The van der Waals surface area contributed by atoms with Crippen LogP contribution in [0.25, 0.3) is 0 Å². The van der Waals surface area contributed by atoms with Crippen LogP contribution in [0.5, 0.6) is 11.5 Å². The fourth-order valence-electron chi connectivity index (χ4n) is 1.84. The number of nitrogens with one attached hydrogen (secondary N) is 1. The van der Waals surface area contributed by atoms with Crippen LogP contribution < -0.4 is 14.8 Å². The summed E-state index contributed by atoms with van der Waals surface area (Å²) in [4.78, 5) is 12.1. The summed E-state index contributed by atoms with van der Waals surface area (Å²) in [6.07, 6.45) is 0. The highest BCUT2D eigenvalue weighted by molar-refractivity contribution is 6.32. The molecule has 2 aromatic carbocycles. The fourth-order valence-corrected chi connectivity index (χ4v) is 2.03. The van der Waals surface area contributed by atoms with Gasteiger partial charge in [-0.1, -0.05) is 49.7 Å². The molecule has 0 unspecified atom stereocenters. The lowest BCUT2D eigenvalue weighted by Gasteiger charge is -2.14. The largest absolute Gasteiger partial charge is 0.491 e. The zero-order valence-corrected chi connectivity index (χ0v) is 14.0. The van der Waals surface area contributed by atoms with Gasteiger partial charge in [-0.15, -0.1) is 0 Å². The highest BCUT2D eigenvalue weighted by atomic mass is 35.5. The number of benzene rings is 2. The molecule has 0 heterocycles. The van der Waals surface area contributed by atoms with Gasteiger partial charge in [0, 0.05) is 0 Å². The number of para-hydroxylation sites is 3. The van der Waals surface area contributed by atoms with Crippen molar-refractivity contribution in [1.29, 1.82) is 0 Å². The Kier molecular flexibility index (Phi) is 6.29. The van der Waals surface area contributed by atoms with Gasteiger partial charge in [-0.3, -0.25) is 4.79 Å². The Bertz CT molecular complexity index is 658. The van der Waals surface area contributed by atoms with E-state index in [4.69, 9.17) is 21.1 Å². The van der Waals surface area contributed by atoms with Gasteiger partial charge < -0.3 is 14.8 Å². The number of hydrogen-bond donors (Lipinski definition) is 1. The SMILES string of the molecule is CC(C)COc1ccccc1NC(=O)COc1ccccc1Cl. The summed E-state index contributed by atoms with van der Waals surface area (Å²) in [7, 11) is 0. The summed E-state index contributed by atoms with van der Waals surface area (Å²) in [5.74, 6) is 1.26. The van der Waals surface area contributed by atoms with Crippen LogP contribution in [0.3, 0.4) is 0 Å². The second-order valence-corrected chi connectivity index (χ2v) is 5.88. The van der Waals surface area contributed by atoms with Crippen LogP contribution in [0, 0.1) is 5.92 Å². The first-order valence-electron chi connectivity index (χ1n) is 7.45. The van der Waals surface area contributed by atoms with E-state index in [1.54, 1.807) is 30.3 Å². The minimum atomic E-state index is -0.273. The monoisotopic (exact) mass is 333 g/mol. The first-order chi connectivity index (χ1) is 11.1. The molecule has 0 saturated carbocycles. The van der Waals surface area contributed by atoms with Crippen LogP contribution >= 0.6 is 11.6 Å². The predicted octanol–water partition coefficient (Wildman–Crippen LogP) is 4.39. The molecule has 0 aliphatic rings. The Hall–Kier alpha value is -2.20. The zero-order valence-electron chi connectivity index (χ0n) is 13.2. The molecule has 1 amide bonds. The van der Waals surface area contributed by atoms with Gasteiger partial charge >= 0.3 is 0 Å². The second kappa shape index (κ2) is 8.44. The van der Waals surface area contributed by atoms with E-state index in [0.717, 1.165) is 0 Å². The lowest BCUT2D eigenvalue weighted by atomic mass is 10.2. The normalized spacial score (nSPS) is 10.4. The Balaban J connectivity index is 1.94. The lowest BCUT2D eigenvalue weighted by molar-refractivity contribution is -0.118. The quantitative estimate of drug-likeness (QED) is 0.817. The maximum atomic E-state index is 12.1. The smallest absolute Gasteiger partial charge is 0.262 e. The van der Waals surface area contributed by atoms with Crippen molar-refractivity contribution < 1.29 is 14.3 Å². The van der Waals surface area contributed by atoms with E-state index in [0.29, 0.717) is 34.7 Å². The van der Waals surface area contributed by atoms with Crippen LogP contribution in [-0.2, 0) is 4.79 Å². The van der Waals surface area contributed by atoms with Crippen molar-refractivity contribution in [2.75, 3.05) is 18.5 Å². The Morgan fingerprint density at radius 1 is 1.04 bits per heavy atom. The Labute approximate surface area is 141 Å². The molecular weight excluding hydrogens is 314 g/mol. The number of carbonyl (C=O) groups is 1. The van der Waals surface area contributed by atoms with E-state index in [1.165, 1.54) is 0 Å². The number of halogens is 1. The standard InChI is InChI=1S/C18H20ClNO3/c1-13(2)11-22-17-10-6-4-8-15(17)20-18(21)12-23-16-9-5-3-7-14(16)19/h3-10,13H,11-12H2,1-2H3,(H,20,21). The molecule has 0 aromatic heterocycles. The molecule has 0 spiro atoms. The predicted molar refractivity (Wildman–Crippen MR) is 92.4 cm³/mol. The van der Waals surface area contributed by atoms with Crippen molar-refractivity contribution in [2.45, 2.75) is 13.8 Å². The van der Waals surface area contributed by atoms with Gasteiger partial charge in [-0.25, -0.2) is 0 Å². The first kappa shape index (κ1) is 17.2. The molecular formula is C18H20ClNO3. The van der Waals surface area contributed by atoms with E-state index in [9.17, 15) is 4.79 Å². The van der Waals surface area contributed by atoms with Crippen molar-refractivity contribution in [1.82, 2.24) is 0 Å². The molecule has 122 valence electrons. The Morgan fingerprint density at radius 2 is 1.70 bits per heavy atom. The third kappa shape index (κ3) is 5.49. The minimum absolute atomic E-state index is 0.123. The number of carbonyl (C=O) groups excluding carboxylic acids is 1. The van der Waals surface area contributed by atoms with Crippen molar-refractivity contribution in [3.63, 3.8) is 0 Å². The number of amides is 1. The Morgan fingerprint density at radius 3 is 2.39 bits per heavy atom. The van der Waals surface area contributed by atoms with Gasteiger partial charge in [0.25, 0.3) is 5.91 Å². The molecule has 0 aliphatic heterocycles. The van der Waals surface area contributed by atoms with Crippen molar-refractivity contribution in [3.05, 3.63) is 53.6 Å². The van der Waals surface area contributed by atoms with Gasteiger partial charge in [-0.05, 0) is 30.2 Å². The molecule has 0 atom stereocenters. The molecule has 0 fully saturated rings. The van der Waals surface area contributed by atoms with Crippen molar-refractivity contribution in [2.24, 2.45) is 5.92 Å². The molecule has 0 saturated heterocycles. The summed E-state index contributed by atoms with van der Waals surface area (Å²) >= 11 is 5.99. The summed E-state index contributed by atoms with van der Waals surface area (Å²) in [5, 5.41) is 3.27. The summed E-state index contributed by atoms with van der Waals surface area (Å²) in [6, 6.07) is 14.4. The molecule has 0 aliphatic carbocycles. The number of anilines is 1. The van der Waals surface area contributed by atoms with Crippen LogP contribution in [0.2, 0.25) is 5.02 Å². The second-order valence-electron chi connectivity index (χ2n) is 5.47. The van der Waals surface area contributed by atoms with Gasteiger partial charge in [0.2, 0.25) is 0 Å². The maximum absolute atomic E-state index is 12.1. The zero-order chi connectivity index (χ0) is 16.7. The molecule has 0 radical (unpaired) electrons. The molecule has 4 nitrogen and oxygen atoms in total. The minimum Gasteiger partial charge on any atom is -0.491 e. The lowest BCUT2D eigenvalue weighted by Crippen LogP contribution is -2.21. The first-order valence-corrected chi connectivity index (χ1v) is 7.83. The van der Waals surface area contributed by atoms with Gasteiger partial charge in [-0.2, -0.15) is 0 Å². The topological polar surface area (TPSA) is 47.6 Å². The highest BCUT2D eigenvalue weighted by Gasteiger charge is 2.10. The van der Waals surface area contributed by atoms with Crippen LogP contribution in [0.4, 0.5) is 5.69 Å². The van der Waals surface area contributed by atoms with Crippen LogP contribution in [0.15, 0.2) is 48.5 Å². The number of ether oxygens (including phenoxy) is 2. The van der Waals surface area contributed by atoms with Crippen LogP contribution in [0.1, 0.15) is 13.8 Å². The van der Waals surface area contributed by atoms with E-state index in [1.807, 2.05) is 18.2 Å². The average Bonchev–Trinajstić information content (AvgIpc) is 2.53. The summed E-state index contributed by atoms with van der Waals surface area (Å²) in [5.41, 5.74) is 0.626. The number of hydrogen-bond acceptors (Lipinski definition) is 3. The summed E-state index contributed by atoms with van der Waals surface area (Å²) in [6.45, 7) is 4.60. The molecule has 5 heteroatoms. The maximum Gasteiger partial charge on any atom is 0.262 e. The molecule has 23 heavy (non-hydrogen) atoms. The molecule has 0 bridgehead atoms. The molecule has 2 rings (SSSR count). The third-order valence-electron chi connectivity index (χ3n) is 2.93. The van der Waals surface area contributed by atoms with E-state index in [2.05, 4.69) is 19.2 Å². The third-order valence-corrected chi connectivity index (χ3v) is 3.24. The molecule has 1 N–H and O–H groups in total. The van der Waals surface area contributed by atoms with E-state index >= 15 is 0 Å². The van der Waals surface area contributed by atoms with Gasteiger partial charge in [0.1, 0.15) is 11.5 Å².